The molecule has 2 saturated heterocycles. The zero-order valence-corrected chi connectivity index (χ0v) is 20.6. The van der Waals surface area contributed by atoms with Gasteiger partial charge in [0.25, 0.3) is 5.91 Å². The molecule has 0 aromatic heterocycles. The van der Waals surface area contributed by atoms with Crippen LogP contribution in [0.25, 0.3) is 0 Å². The predicted octanol–water partition coefficient (Wildman–Crippen LogP) is 0.918. The lowest BCUT2D eigenvalue weighted by Gasteiger charge is -2.42. The van der Waals surface area contributed by atoms with Crippen LogP contribution in [0.2, 0.25) is 0 Å². The lowest BCUT2D eigenvalue weighted by molar-refractivity contribution is -0.233. The molecule has 0 spiro atoms. The second-order valence-electron chi connectivity index (χ2n) is 10.8. The lowest BCUT2D eigenvalue weighted by atomic mass is 9.76. The van der Waals surface area contributed by atoms with Gasteiger partial charge in [-0.1, -0.05) is 25.5 Å². The summed E-state index contributed by atoms with van der Waals surface area (Å²) >= 11 is 0. The molecule has 190 valence electrons. The van der Waals surface area contributed by atoms with Crippen LogP contribution in [0, 0.1) is 11.8 Å². The van der Waals surface area contributed by atoms with Crippen molar-refractivity contribution in [2.45, 2.75) is 95.2 Å². The third-order valence-corrected chi connectivity index (χ3v) is 8.66. The van der Waals surface area contributed by atoms with Crippen molar-refractivity contribution in [3.63, 3.8) is 0 Å². The fraction of sp³-hybridized carbons (Fsp3) is 0.654. The summed E-state index contributed by atoms with van der Waals surface area (Å²) in [6.45, 7) is 8.37. The normalized spacial score (nSPS) is 47.1. The zero-order valence-electron chi connectivity index (χ0n) is 20.6. The van der Waals surface area contributed by atoms with Gasteiger partial charge in [0.2, 0.25) is 11.4 Å². The van der Waals surface area contributed by atoms with Gasteiger partial charge in [-0.3, -0.25) is 19.3 Å². The summed E-state index contributed by atoms with van der Waals surface area (Å²) in [5.41, 5.74) is -4.59. The molecule has 9 atom stereocenters. The highest BCUT2D eigenvalue weighted by Gasteiger charge is 2.71. The first-order chi connectivity index (χ1) is 16.3. The van der Waals surface area contributed by atoms with Gasteiger partial charge in [-0.15, -0.1) is 0 Å². The number of allylic oxidation sites excluding steroid dienone is 2. The molecular weight excluding hydrogens is 454 g/mol. The van der Waals surface area contributed by atoms with E-state index in [1.165, 1.54) is 12.2 Å². The van der Waals surface area contributed by atoms with E-state index >= 15 is 0 Å². The number of hydrogen-bond donors (Lipinski definition) is 3. The van der Waals surface area contributed by atoms with Crippen LogP contribution < -0.4 is 0 Å². The Morgan fingerprint density at radius 1 is 1.17 bits per heavy atom. The molecule has 0 aromatic rings. The Balaban J connectivity index is 1.64. The van der Waals surface area contributed by atoms with Crippen LogP contribution in [0.15, 0.2) is 35.1 Å². The van der Waals surface area contributed by atoms with Crippen LogP contribution in [-0.4, -0.2) is 79.0 Å². The van der Waals surface area contributed by atoms with E-state index < -0.39 is 64.7 Å². The number of fused-ring (bicyclic) bond motifs is 2. The highest BCUT2D eigenvalue weighted by molar-refractivity contribution is 6.21. The number of hydrogen-bond acceptors (Lipinski definition) is 8. The van der Waals surface area contributed by atoms with E-state index in [2.05, 4.69) is 0 Å². The molecule has 9 heteroatoms. The van der Waals surface area contributed by atoms with E-state index in [1.54, 1.807) is 26.8 Å². The third-order valence-electron chi connectivity index (χ3n) is 8.66. The van der Waals surface area contributed by atoms with Crippen LogP contribution in [0.3, 0.4) is 0 Å². The molecule has 1 saturated carbocycles. The molecule has 5 rings (SSSR count). The van der Waals surface area contributed by atoms with Crippen LogP contribution in [0.1, 0.15) is 53.9 Å². The number of nitrogens with zero attached hydrogens (tertiary/aromatic N) is 1. The Morgan fingerprint density at radius 2 is 1.86 bits per heavy atom. The van der Waals surface area contributed by atoms with Crippen molar-refractivity contribution in [2.24, 2.45) is 11.8 Å². The van der Waals surface area contributed by atoms with E-state index in [4.69, 9.17) is 9.47 Å². The molecule has 3 heterocycles. The summed E-state index contributed by atoms with van der Waals surface area (Å²) in [4.78, 5) is 40.9. The molecule has 1 amide bonds. The summed E-state index contributed by atoms with van der Waals surface area (Å²) in [6, 6.07) is 0. The minimum absolute atomic E-state index is 0.00220. The van der Waals surface area contributed by atoms with Gasteiger partial charge in [0.05, 0.1) is 24.0 Å². The third kappa shape index (κ3) is 3.02. The fourth-order valence-electron chi connectivity index (χ4n) is 6.91. The van der Waals surface area contributed by atoms with E-state index in [0.29, 0.717) is 24.0 Å². The molecule has 3 aliphatic heterocycles. The summed E-state index contributed by atoms with van der Waals surface area (Å²) in [5, 5.41) is 33.2. The van der Waals surface area contributed by atoms with Gasteiger partial charge in [-0.2, -0.15) is 0 Å². The first-order valence-corrected chi connectivity index (χ1v) is 12.3. The summed E-state index contributed by atoms with van der Waals surface area (Å²) in [7, 11) is 0. The highest BCUT2D eigenvalue weighted by atomic mass is 16.7. The zero-order chi connectivity index (χ0) is 25.7. The average molecular weight is 488 g/mol. The number of ketones is 2. The number of Topliss-reactive ketones (excluding diaryl/α,β-unsaturated/α-hetero) is 1. The Morgan fingerprint density at radius 3 is 2.49 bits per heavy atom. The summed E-state index contributed by atoms with van der Waals surface area (Å²) in [6.07, 6.45) is 3.01. The molecule has 0 radical (unpaired) electrons. The van der Waals surface area contributed by atoms with Crippen molar-refractivity contribution < 1.29 is 39.2 Å². The number of rotatable bonds is 3. The van der Waals surface area contributed by atoms with Crippen LogP contribution in [0.5, 0.6) is 0 Å². The van der Waals surface area contributed by atoms with E-state index in [1.807, 2.05) is 6.92 Å². The molecule has 0 aromatic carbocycles. The molecule has 2 aliphatic carbocycles. The quantitative estimate of drug-likeness (QED) is 0.395. The second kappa shape index (κ2) is 7.66. The molecule has 5 aliphatic rings. The SMILES string of the molecule is CCC12C=C(C)C3C(C)C(OC4CCC(O)C(C)O4)C4=CC(=O)C=C(N1C(=O)C(C)(O)C2=O)C43O. The van der Waals surface area contributed by atoms with Crippen molar-refractivity contribution in [3.05, 3.63) is 35.1 Å². The molecule has 0 bridgehead atoms. The first-order valence-electron chi connectivity index (χ1n) is 12.3. The maximum Gasteiger partial charge on any atom is 0.267 e. The Kier molecular flexibility index (Phi) is 5.37. The number of aliphatic hydroxyl groups is 3. The molecule has 9 nitrogen and oxygen atoms in total. The van der Waals surface area contributed by atoms with Crippen LogP contribution >= 0.6 is 0 Å². The highest BCUT2D eigenvalue weighted by Crippen LogP contribution is 2.59. The smallest absolute Gasteiger partial charge is 0.267 e. The van der Waals surface area contributed by atoms with E-state index in [-0.39, 0.29) is 18.0 Å². The number of aliphatic hydroxyl groups excluding tert-OH is 1. The summed E-state index contributed by atoms with van der Waals surface area (Å²) < 4.78 is 12.2. The minimum atomic E-state index is -2.28. The van der Waals surface area contributed by atoms with E-state index in [0.717, 1.165) is 11.8 Å². The van der Waals surface area contributed by atoms with Gasteiger partial charge in [0.15, 0.2) is 12.1 Å². The maximum absolute atomic E-state index is 13.4. The Bertz CT molecular complexity index is 1100. The van der Waals surface area contributed by atoms with Crippen molar-refractivity contribution in [1.29, 1.82) is 0 Å². The van der Waals surface area contributed by atoms with Gasteiger partial charge < -0.3 is 24.8 Å². The molecule has 3 N–H and O–H groups in total. The predicted molar refractivity (Wildman–Crippen MR) is 122 cm³/mol. The number of carbonyl (C=O) groups is 3. The molecule has 3 fully saturated rings. The van der Waals surface area contributed by atoms with Gasteiger partial charge in [-0.25, -0.2) is 0 Å². The summed E-state index contributed by atoms with van der Waals surface area (Å²) in [5.74, 6) is -2.89. The standard InChI is InChI=1S/C26H33NO8/c1-6-25-11-12(2)20-13(3)21(35-19-8-7-17(29)14(4)34-19)16-9-15(28)10-18(26(16,20)33)27(25)23(31)24(5,32)22(25)30/h9-11,13-14,17,19-21,29,32-33H,6-8H2,1-5H3. The van der Waals surface area contributed by atoms with Gasteiger partial charge in [0.1, 0.15) is 11.1 Å². The lowest BCUT2D eigenvalue weighted by Crippen LogP contribution is -2.53. The number of ether oxygens (including phenoxy) is 2. The van der Waals surface area contributed by atoms with E-state index in [9.17, 15) is 29.7 Å². The van der Waals surface area contributed by atoms with Crippen LogP contribution in [0.4, 0.5) is 0 Å². The van der Waals surface area contributed by atoms with Crippen LogP contribution in [-0.2, 0) is 23.9 Å². The molecule has 35 heavy (non-hydrogen) atoms. The van der Waals surface area contributed by atoms with Crippen molar-refractivity contribution in [2.75, 3.05) is 0 Å². The van der Waals surface area contributed by atoms with Gasteiger partial charge in [-0.05, 0) is 45.6 Å². The Labute approximate surface area is 204 Å². The monoisotopic (exact) mass is 487 g/mol. The minimum Gasteiger partial charge on any atom is -0.390 e. The second-order valence-corrected chi connectivity index (χ2v) is 10.8. The van der Waals surface area contributed by atoms with Crippen molar-refractivity contribution >= 4 is 17.5 Å². The topological polar surface area (TPSA) is 134 Å². The molecular formula is C26H33NO8. The van der Waals surface area contributed by atoms with Crippen molar-refractivity contribution in [3.8, 4) is 0 Å². The van der Waals surface area contributed by atoms with Crippen molar-refractivity contribution in [1.82, 2.24) is 4.90 Å². The number of amides is 1. The first kappa shape index (κ1) is 24.5. The fourth-order valence-corrected chi connectivity index (χ4v) is 6.91. The Hall–Kier alpha value is -2.17. The largest absolute Gasteiger partial charge is 0.390 e. The van der Waals surface area contributed by atoms with Gasteiger partial charge >= 0.3 is 0 Å². The number of carbonyl (C=O) groups excluding carboxylic acids is 3. The maximum atomic E-state index is 13.4. The molecule has 9 unspecified atom stereocenters. The van der Waals surface area contributed by atoms with Gasteiger partial charge in [0, 0.05) is 24.0 Å². The average Bonchev–Trinajstić information content (AvgIpc) is 3.04.